The molecule has 0 spiro atoms. The van der Waals surface area contributed by atoms with Gasteiger partial charge < -0.3 is 10.0 Å². The van der Waals surface area contributed by atoms with Crippen LogP contribution in [0, 0.1) is 0 Å². The van der Waals surface area contributed by atoms with Gasteiger partial charge >= 0.3 is 0 Å². The number of hydrogen-bond acceptors (Lipinski definition) is 2. The van der Waals surface area contributed by atoms with Gasteiger partial charge in [-0.2, -0.15) is 0 Å². The monoisotopic (exact) mass is 261 g/mol. The van der Waals surface area contributed by atoms with Crippen molar-refractivity contribution in [3.8, 4) is 0 Å². The van der Waals surface area contributed by atoms with Crippen LogP contribution in [0.25, 0.3) is 0 Å². The van der Waals surface area contributed by atoms with E-state index >= 15 is 0 Å². The molecule has 0 fully saturated rings. The van der Waals surface area contributed by atoms with Crippen molar-refractivity contribution in [2.24, 2.45) is 0 Å². The number of aryl methyl sites for hydroxylation is 2. The molecule has 1 N–H and O–H groups in total. The number of amides is 1. The molecular formula is C16H23NO2. The minimum Gasteiger partial charge on any atom is -0.381 e. The second-order valence-electron chi connectivity index (χ2n) is 6.03. The molecular weight excluding hydrogens is 238 g/mol. The highest BCUT2D eigenvalue weighted by Crippen LogP contribution is 2.23. The molecule has 0 saturated heterocycles. The lowest BCUT2D eigenvalue weighted by Crippen LogP contribution is -2.42. The van der Waals surface area contributed by atoms with Gasteiger partial charge in [0.2, 0.25) is 0 Å². The van der Waals surface area contributed by atoms with Crippen LogP contribution in [0.1, 0.15) is 43.4 Å². The molecule has 3 nitrogen and oxygen atoms in total. The molecule has 0 saturated carbocycles. The molecule has 1 amide bonds. The van der Waals surface area contributed by atoms with Gasteiger partial charge in [-0.1, -0.05) is 18.2 Å². The Hall–Kier alpha value is -1.35. The summed E-state index contributed by atoms with van der Waals surface area (Å²) in [5.41, 5.74) is 2.71. The molecule has 3 heteroatoms. The van der Waals surface area contributed by atoms with Gasteiger partial charge in [-0.25, -0.2) is 0 Å². The van der Waals surface area contributed by atoms with Gasteiger partial charge in [0.25, 0.3) is 5.91 Å². The van der Waals surface area contributed by atoms with Crippen molar-refractivity contribution < 1.29 is 9.90 Å². The van der Waals surface area contributed by atoms with Crippen molar-refractivity contribution in [2.45, 2.75) is 51.7 Å². The molecule has 19 heavy (non-hydrogen) atoms. The van der Waals surface area contributed by atoms with E-state index in [0.717, 1.165) is 12.0 Å². The number of hydrogen-bond donors (Lipinski definition) is 1. The van der Waals surface area contributed by atoms with Gasteiger partial charge in [-0.3, -0.25) is 4.79 Å². The second kappa shape index (κ2) is 5.33. The van der Waals surface area contributed by atoms with Gasteiger partial charge in [-0.05, 0) is 56.2 Å². The third-order valence-corrected chi connectivity index (χ3v) is 3.70. The maximum atomic E-state index is 11.9. The zero-order chi connectivity index (χ0) is 14.0. The number of likely N-dealkylation sites (N-methyl/N-ethyl adjacent to an activating group) is 1. The number of fused-ring (bicyclic) bond motifs is 1. The van der Waals surface area contributed by atoms with Crippen molar-refractivity contribution >= 4 is 5.91 Å². The Morgan fingerprint density at radius 1 is 1.26 bits per heavy atom. The lowest BCUT2D eigenvalue weighted by Gasteiger charge is -2.25. The van der Waals surface area contributed by atoms with Crippen LogP contribution in [0.3, 0.4) is 0 Å². The molecule has 0 aromatic heterocycles. The summed E-state index contributed by atoms with van der Waals surface area (Å²) >= 11 is 0. The molecule has 0 unspecified atom stereocenters. The summed E-state index contributed by atoms with van der Waals surface area (Å²) in [5, 5.41) is 9.74. The van der Waals surface area contributed by atoms with Crippen LogP contribution in [-0.2, 0) is 24.2 Å². The van der Waals surface area contributed by atoms with E-state index in [2.05, 4.69) is 18.2 Å². The van der Waals surface area contributed by atoms with Crippen LogP contribution in [0.5, 0.6) is 0 Å². The fourth-order valence-corrected chi connectivity index (χ4v) is 2.70. The first-order valence-corrected chi connectivity index (χ1v) is 6.96. The summed E-state index contributed by atoms with van der Waals surface area (Å²) in [6.07, 6.45) is 4.86. The Morgan fingerprint density at radius 2 is 1.89 bits per heavy atom. The van der Waals surface area contributed by atoms with E-state index in [-0.39, 0.29) is 5.91 Å². The maximum Gasteiger partial charge on any atom is 0.253 e. The number of benzene rings is 1. The summed E-state index contributed by atoms with van der Waals surface area (Å²) in [6, 6.07) is 6.49. The first-order chi connectivity index (χ1) is 8.88. The van der Waals surface area contributed by atoms with E-state index in [1.54, 1.807) is 11.9 Å². The SMILES string of the molecule is CN(Cc1ccc2c(c1)CCCC2)C(=O)C(C)(C)O. The predicted molar refractivity (Wildman–Crippen MR) is 75.9 cm³/mol. The van der Waals surface area contributed by atoms with Gasteiger partial charge in [0.15, 0.2) is 0 Å². The Balaban J connectivity index is 2.09. The standard InChI is InChI=1S/C16H23NO2/c1-16(2,19)15(18)17(3)11-12-8-9-13-6-4-5-7-14(13)10-12/h8-10,19H,4-7,11H2,1-3H3. The number of aliphatic hydroxyl groups is 1. The number of carbonyl (C=O) groups is 1. The van der Waals surface area contributed by atoms with Crippen molar-refractivity contribution in [2.75, 3.05) is 7.05 Å². The van der Waals surface area contributed by atoms with Gasteiger partial charge in [0.05, 0.1) is 0 Å². The first-order valence-electron chi connectivity index (χ1n) is 6.96. The van der Waals surface area contributed by atoms with Crippen molar-refractivity contribution in [3.63, 3.8) is 0 Å². The largest absolute Gasteiger partial charge is 0.381 e. The van der Waals surface area contributed by atoms with E-state index in [9.17, 15) is 9.90 Å². The van der Waals surface area contributed by atoms with Crippen LogP contribution < -0.4 is 0 Å². The summed E-state index contributed by atoms with van der Waals surface area (Å²) in [6.45, 7) is 3.60. The Kier molecular flexibility index (Phi) is 3.95. The molecule has 1 aliphatic rings. The topological polar surface area (TPSA) is 40.5 Å². The lowest BCUT2D eigenvalue weighted by atomic mass is 9.90. The highest BCUT2D eigenvalue weighted by molar-refractivity contribution is 5.83. The van der Waals surface area contributed by atoms with Gasteiger partial charge in [-0.15, -0.1) is 0 Å². The molecule has 0 heterocycles. The normalized spacial score (nSPS) is 14.9. The molecule has 104 valence electrons. The summed E-state index contributed by atoms with van der Waals surface area (Å²) in [7, 11) is 1.74. The second-order valence-corrected chi connectivity index (χ2v) is 6.03. The zero-order valence-electron chi connectivity index (χ0n) is 12.1. The Morgan fingerprint density at radius 3 is 2.53 bits per heavy atom. The minimum absolute atomic E-state index is 0.245. The Bertz CT molecular complexity index is 474. The van der Waals surface area contributed by atoms with E-state index in [4.69, 9.17) is 0 Å². The summed E-state index contributed by atoms with van der Waals surface area (Å²) in [4.78, 5) is 13.5. The van der Waals surface area contributed by atoms with E-state index in [0.29, 0.717) is 6.54 Å². The highest BCUT2D eigenvalue weighted by atomic mass is 16.3. The van der Waals surface area contributed by atoms with Crippen LogP contribution >= 0.6 is 0 Å². The quantitative estimate of drug-likeness (QED) is 0.907. The number of rotatable bonds is 3. The van der Waals surface area contributed by atoms with Gasteiger partial charge in [0.1, 0.15) is 5.60 Å². The van der Waals surface area contributed by atoms with Gasteiger partial charge in [0, 0.05) is 13.6 Å². The maximum absolute atomic E-state index is 11.9. The molecule has 1 aromatic rings. The molecule has 1 aromatic carbocycles. The number of nitrogens with zero attached hydrogens (tertiary/aromatic N) is 1. The average molecular weight is 261 g/mol. The molecule has 0 atom stereocenters. The third-order valence-electron chi connectivity index (χ3n) is 3.70. The van der Waals surface area contributed by atoms with Crippen LogP contribution in [0.4, 0.5) is 0 Å². The van der Waals surface area contributed by atoms with E-state index in [1.165, 1.54) is 44.2 Å². The Labute approximate surface area is 115 Å². The fraction of sp³-hybridized carbons (Fsp3) is 0.562. The predicted octanol–water partition coefficient (Wildman–Crippen LogP) is 2.29. The minimum atomic E-state index is -1.30. The smallest absolute Gasteiger partial charge is 0.253 e. The zero-order valence-corrected chi connectivity index (χ0v) is 12.1. The van der Waals surface area contributed by atoms with Crippen molar-refractivity contribution in [3.05, 3.63) is 34.9 Å². The third kappa shape index (κ3) is 3.35. The highest BCUT2D eigenvalue weighted by Gasteiger charge is 2.27. The van der Waals surface area contributed by atoms with E-state index in [1.807, 2.05) is 0 Å². The van der Waals surface area contributed by atoms with E-state index < -0.39 is 5.60 Å². The molecule has 1 aliphatic carbocycles. The fourth-order valence-electron chi connectivity index (χ4n) is 2.70. The molecule has 0 radical (unpaired) electrons. The average Bonchev–Trinajstić information content (AvgIpc) is 2.36. The first kappa shape index (κ1) is 14.1. The van der Waals surface area contributed by atoms with Crippen molar-refractivity contribution in [1.29, 1.82) is 0 Å². The lowest BCUT2D eigenvalue weighted by molar-refractivity contribution is -0.146. The van der Waals surface area contributed by atoms with Crippen molar-refractivity contribution in [1.82, 2.24) is 4.90 Å². The summed E-state index contributed by atoms with van der Waals surface area (Å²) in [5.74, 6) is -0.245. The molecule has 0 bridgehead atoms. The number of carbonyl (C=O) groups excluding carboxylic acids is 1. The summed E-state index contributed by atoms with van der Waals surface area (Å²) < 4.78 is 0. The van der Waals surface area contributed by atoms with Crippen LogP contribution in [0.2, 0.25) is 0 Å². The van der Waals surface area contributed by atoms with Crippen LogP contribution in [-0.4, -0.2) is 28.6 Å². The van der Waals surface area contributed by atoms with Crippen LogP contribution in [0.15, 0.2) is 18.2 Å². The molecule has 2 rings (SSSR count). The molecule has 0 aliphatic heterocycles.